The minimum absolute atomic E-state index is 0.890. The molecule has 9 heteroatoms. The summed E-state index contributed by atoms with van der Waals surface area (Å²) in [6, 6.07) is 30.7. The molecule has 198 valence electrons. The van der Waals surface area contributed by atoms with Crippen LogP contribution in [0.5, 0.6) is 0 Å². The van der Waals surface area contributed by atoms with Crippen LogP contribution in [0.15, 0.2) is 91.0 Å². The molecule has 0 bridgehead atoms. The summed E-state index contributed by atoms with van der Waals surface area (Å²) in [6.45, 7) is 5.59. The molecular formula is C27H39N3O6. The van der Waals surface area contributed by atoms with Crippen LogP contribution in [-0.4, -0.2) is 17.9 Å². The van der Waals surface area contributed by atoms with Crippen molar-refractivity contribution in [3.8, 4) is 0 Å². The lowest BCUT2D eigenvalue weighted by molar-refractivity contribution is -0.386. The average Bonchev–Trinajstić information content (AvgIpc) is 2.85. The first-order valence-corrected chi connectivity index (χ1v) is 11.0. The number of carboxylic acids is 3. The van der Waals surface area contributed by atoms with Crippen LogP contribution in [-0.2, 0) is 34.0 Å². The Kier molecular flexibility index (Phi) is 27.6. The number of benzene rings is 3. The lowest BCUT2D eigenvalue weighted by Crippen LogP contribution is -2.47. The molecule has 3 aromatic carbocycles. The predicted molar refractivity (Wildman–Crippen MR) is 131 cm³/mol. The number of rotatable bonds is 3. The molecule has 0 aliphatic carbocycles. The molecule has 0 atom stereocenters. The summed E-state index contributed by atoms with van der Waals surface area (Å²) in [7, 11) is 0. The summed E-state index contributed by atoms with van der Waals surface area (Å²) < 4.78 is 0. The molecule has 36 heavy (non-hydrogen) atoms. The van der Waals surface area contributed by atoms with E-state index in [1.54, 1.807) is 0 Å². The monoisotopic (exact) mass is 501 g/mol. The first kappa shape index (κ1) is 36.5. The van der Waals surface area contributed by atoms with E-state index in [0.29, 0.717) is 0 Å². The van der Waals surface area contributed by atoms with Crippen LogP contribution in [0, 0.1) is 0 Å². The highest BCUT2D eigenvalue weighted by molar-refractivity contribution is 5.60. The minimum atomic E-state index is -1.08. The van der Waals surface area contributed by atoms with Gasteiger partial charge in [0, 0.05) is 34.6 Å². The maximum absolute atomic E-state index is 8.89. The van der Waals surface area contributed by atoms with Gasteiger partial charge >= 0.3 is 0 Å². The molecule has 0 amide bonds. The fourth-order valence-corrected chi connectivity index (χ4v) is 1.93. The van der Waals surface area contributed by atoms with E-state index in [1.165, 1.54) is 16.7 Å². The van der Waals surface area contributed by atoms with E-state index in [0.717, 1.165) is 40.4 Å². The van der Waals surface area contributed by atoms with E-state index < -0.39 is 17.9 Å². The van der Waals surface area contributed by atoms with Gasteiger partial charge in [-0.2, -0.15) is 0 Å². The number of carbonyl (C=O) groups is 3. The largest absolute Gasteiger partial charge is 0.550 e. The van der Waals surface area contributed by atoms with Crippen molar-refractivity contribution in [1.82, 2.24) is 0 Å². The molecule has 0 aliphatic heterocycles. The molecule has 0 saturated heterocycles. The standard InChI is InChI=1S/3C7H9N.3C2H4O2/c3*8-6-7-4-2-1-3-5-7;3*1-2(3)4/h3*1-5H,6,8H2;3*1H3,(H,3,4). The molecule has 3 aromatic rings. The Labute approximate surface area is 213 Å². The van der Waals surface area contributed by atoms with Gasteiger partial charge < -0.3 is 46.9 Å². The molecule has 0 spiro atoms. The lowest BCUT2D eigenvalue weighted by Gasteiger charge is -1.87. The minimum Gasteiger partial charge on any atom is -0.550 e. The first-order valence-electron chi connectivity index (χ1n) is 11.0. The number of carbonyl (C=O) groups excluding carboxylic acids is 3. The molecule has 0 fully saturated rings. The van der Waals surface area contributed by atoms with Gasteiger partial charge in [0.15, 0.2) is 0 Å². The molecular weight excluding hydrogens is 462 g/mol. The van der Waals surface area contributed by atoms with Crippen LogP contribution >= 0.6 is 0 Å². The van der Waals surface area contributed by atoms with Crippen LogP contribution in [0.25, 0.3) is 0 Å². The zero-order chi connectivity index (χ0) is 28.2. The maximum atomic E-state index is 8.89. The van der Waals surface area contributed by atoms with Crippen molar-refractivity contribution in [2.24, 2.45) is 0 Å². The molecule has 0 saturated carbocycles. The number of hydrogen-bond donors (Lipinski definition) is 3. The quantitative estimate of drug-likeness (QED) is 0.355. The highest BCUT2D eigenvalue weighted by Crippen LogP contribution is 1.94. The number of hydrogen-bond acceptors (Lipinski definition) is 6. The molecule has 9 nitrogen and oxygen atoms in total. The molecule has 0 unspecified atom stereocenters. The van der Waals surface area contributed by atoms with Gasteiger partial charge in [0.2, 0.25) is 0 Å². The van der Waals surface area contributed by atoms with Crippen molar-refractivity contribution in [2.75, 3.05) is 0 Å². The van der Waals surface area contributed by atoms with Crippen LogP contribution in [0.1, 0.15) is 37.5 Å². The second kappa shape index (κ2) is 27.2. The van der Waals surface area contributed by atoms with Crippen molar-refractivity contribution in [2.45, 2.75) is 40.4 Å². The lowest BCUT2D eigenvalue weighted by atomic mass is 10.2. The Morgan fingerprint density at radius 3 is 0.694 bits per heavy atom. The van der Waals surface area contributed by atoms with Gasteiger partial charge in [-0.15, -0.1) is 0 Å². The fourth-order valence-electron chi connectivity index (χ4n) is 1.93. The Morgan fingerprint density at radius 2 is 0.611 bits per heavy atom. The second-order valence-corrected chi connectivity index (χ2v) is 6.68. The van der Waals surface area contributed by atoms with Crippen molar-refractivity contribution in [1.29, 1.82) is 0 Å². The number of aliphatic carboxylic acids is 3. The molecule has 0 radical (unpaired) electrons. The molecule has 3 rings (SSSR count). The number of quaternary nitrogens is 3. The molecule has 9 N–H and O–H groups in total. The van der Waals surface area contributed by atoms with Crippen LogP contribution in [0.4, 0.5) is 0 Å². The summed E-state index contributed by atoms with van der Waals surface area (Å²) in [6.07, 6.45) is 0. The molecule has 0 heterocycles. The predicted octanol–water partition coefficient (Wildman–Crippen LogP) is -2.45. The van der Waals surface area contributed by atoms with Crippen LogP contribution < -0.4 is 32.5 Å². The van der Waals surface area contributed by atoms with Gasteiger partial charge in [0.05, 0.1) is 19.6 Å². The third-order valence-corrected chi connectivity index (χ3v) is 3.39. The maximum Gasteiger partial charge on any atom is 0.0997 e. The van der Waals surface area contributed by atoms with Gasteiger partial charge in [-0.25, -0.2) is 0 Å². The van der Waals surface area contributed by atoms with Gasteiger partial charge in [-0.3, -0.25) is 0 Å². The van der Waals surface area contributed by atoms with E-state index in [1.807, 2.05) is 54.6 Å². The van der Waals surface area contributed by atoms with Gasteiger partial charge in [-0.05, 0) is 20.8 Å². The van der Waals surface area contributed by atoms with Gasteiger partial charge in [-0.1, -0.05) is 91.0 Å². The third-order valence-electron chi connectivity index (χ3n) is 3.39. The van der Waals surface area contributed by atoms with Crippen LogP contribution in [0.2, 0.25) is 0 Å². The van der Waals surface area contributed by atoms with Gasteiger partial charge in [0.1, 0.15) is 0 Å². The molecule has 0 aromatic heterocycles. The molecule has 0 aliphatic rings. The Balaban J connectivity index is -0.000000376. The zero-order valence-corrected chi connectivity index (χ0v) is 21.4. The van der Waals surface area contributed by atoms with E-state index in [4.69, 9.17) is 29.7 Å². The van der Waals surface area contributed by atoms with Crippen molar-refractivity contribution in [3.63, 3.8) is 0 Å². The van der Waals surface area contributed by atoms with E-state index in [9.17, 15) is 0 Å². The van der Waals surface area contributed by atoms with Gasteiger partial charge in [0.25, 0.3) is 0 Å². The fraction of sp³-hybridized carbons (Fsp3) is 0.222. The van der Waals surface area contributed by atoms with Crippen LogP contribution in [0.3, 0.4) is 0 Å². The summed E-state index contributed by atoms with van der Waals surface area (Å²) in [5.41, 5.74) is 15.2. The van der Waals surface area contributed by atoms with Crippen molar-refractivity contribution >= 4 is 17.9 Å². The van der Waals surface area contributed by atoms with Crippen molar-refractivity contribution in [3.05, 3.63) is 108 Å². The zero-order valence-electron chi connectivity index (χ0n) is 21.4. The number of carboxylic acid groups (broad SMARTS) is 3. The smallest absolute Gasteiger partial charge is 0.0997 e. The first-order chi connectivity index (χ1) is 17.0. The normalized spacial score (nSPS) is 8.17. The second-order valence-electron chi connectivity index (χ2n) is 6.68. The summed E-state index contributed by atoms with van der Waals surface area (Å²) >= 11 is 0. The summed E-state index contributed by atoms with van der Waals surface area (Å²) in [5.74, 6) is -3.25. The topological polar surface area (TPSA) is 203 Å². The highest BCUT2D eigenvalue weighted by atomic mass is 16.4. The van der Waals surface area contributed by atoms with E-state index in [-0.39, 0.29) is 0 Å². The summed E-state index contributed by atoms with van der Waals surface area (Å²) in [4.78, 5) is 26.7. The van der Waals surface area contributed by atoms with E-state index >= 15 is 0 Å². The Morgan fingerprint density at radius 1 is 0.472 bits per heavy atom. The Hall–Kier alpha value is -4.05. The summed E-state index contributed by atoms with van der Waals surface area (Å²) in [5, 5.41) is 26.7. The SMILES string of the molecule is CC(=O)[O-].CC(=O)[O-].CC(=O)[O-].[NH3+]Cc1ccccc1.[NH3+]Cc1ccccc1.[NH3+]Cc1ccccc1. The third kappa shape index (κ3) is 37.3. The van der Waals surface area contributed by atoms with E-state index in [2.05, 4.69) is 53.6 Å². The highest BCUT2D eigenvalue weighted by Gasteiger charge is 1.84. The van der Waals surface area contributed by atoms with Crippen molar-refractivity contribution < 1.29 is 46.9 Å². The Bertz CT molecular complexity index is 774. The average molecular weight is 502 g/mol.